The van der Waals surface area contributed by atoms with Gasteiger partial charge in [0.15, 0.2) is 5.82 Å². The molecule has 3 fully saturated rings. The Bertz CT molecular complexity index is 2110. The summed E-state index contributed by atoms with van der Waals surface area (Å²) in [6.07, 6.45) is -1.03. The van der Waals surface area contributed by atoms with Gasteiger partial charge in [-0.1, -0.05) is 13.8 Å². The number of carbonyl (C=O) groups excluding carboxylic acids is 4. The van der Waals surface area contributed by atoms with Crippen LogP contribution in [0.3, 0.4) is 0 Å². The number of likely N-dealkylation sites (N-methyl/N-ethyl adjacent to an activating group) is 2. The highest BCUT2D eigenvalue weighted by Gasteiger charge is 2.45. The Hall–Kier alpha value is -5.03. The number of imidazole rings is 1. The first-order valence-electron chi connectivity index (χ1n) is 20.9. The molecule has 4 heterocycles. The number of carbonyl (C=O) groups is 4. The zero-order valence-corrected chi connectivity index (χ0v) is 34.8. The van der Waals surface area contributed by atoms with Gasteiger partial charge in [-0.25, -0.2) is 22.5 Å². The van der Waals surface area contributed by atoms with E-state index in [2.05, 4.69) is 26.3 Å². The van der Waals surface area contributed by atoms with Gasteiger partial charge >= 0.3 is 0 Å². The summed E-state index contributed by atoms with van der Waals surface area (Å²) in [6.45, 7) is 6.65. The summed E-state index contributed by atoms with van der Waals surface area (Å²) in [6, 6.07) is 4.14. The summed E-state index contributed by atoms with van der Waals surface area (Å²) in [5, 5.41) is 12.1. The van der Waals surface area contributed by atoms with E-state index < -0.39 is 66.1 Å². The zero-order valence-electron chi connectivity index (χ0n) is 34.8. The fraction of sp³-hybridized carbons (Fsp3) is 0.558. The van der Waals surface area contributed by atoms with Crippen LogP contribution >= 0.6 is 0 Å². The Labute approximate surface area is 346 Å². The first-order chi connectivity index (χ1) is 28.6. The van der Waals surface area contributed by atoms with Crippen LogP contribution in [0.4, 0.5) is 17.6 Å². The van der Waals surface area contributed by atoms with E-state index in [0.717, 1.165) is 12.8 Å². The number of alkyl halides is 2. The van der Waals surface area contributed by atoms with Crippen molar-refractivity contribution < 1.29 is 36.7 Å². The number of aromatic nitrogens is 3. The molecular weight excluding hydrogens is 783 g/mol. The number of aromatic amines is 1. The highest BCUT2D eigenvalue weighted by atomic mass is 19.1. The Balaban J connectivity index is 1.27. The number of hydrogen-bond acceptors (Lipinski definition) is 7. The molecule has 2 saturated heterocycles. The number of fused-ring (bicyclic) bond motifs is 2. The van der Waals surface area contributed by atoms with Crippen molar-refractivity contribution in [3.8, 4) is 11.5 Å². The molecule has 8 atom stereocenters. The van der Waals surface area contributed by atoms with Gasteiger partial charge in [0.25, 0.3) is 0 Å². The lowest BCUT2D eigenvalue weighted by Crippen LogP contribution is -2.55. The number of hydrogen-bond donors (Lipinski definition) is 5. The third-order valence-electron chi connectivity index (χ3n) is 12.5. The van der Waals surface area contributed by atoms with Crippen LogP contribution < -0.4 is 21.3 Å². The molecule has 13 nitrogen and oxygen atoms in total. The summed E-state index contributed by atoms with van der Waals surface area (Å²) >= 11 is 0. The molecule has 4 aromatic rings. The Morgan fingerprint density at radius 2 is 1.42 bits per heavy atom. The van der Waals surface area contributed by atoms with Gasteiger partial charge in [0.05, 0.1) is 47.9 Å². The third-order valence-corrected chi connectivity index (χ3v) is 12.5. The van der Waals surface area contributed by atoms with Gasteiger partial charge in [0.1, 0.15) is 36.1 Å². The molecule has 324 valence electrons. The summed E-state index contributed by atoms with van der Waals surface area (Å²) in [5.74, 6) is -2.63. The molecule has 0 spiro atoms. The second-order valence-electron chi connectivity index (χ2n) is 17.1. The first-order valence-corrected chi connectivity index (χ1v) is 20.9. The summed E-state index contributed by atoms with van der Waals surface area (Å²) in [5.41, 5.74) is 2.21. The molecule has 2 aromatic carbocycles. The number of amides is 4. The number of likely N-dealkylation sites (tertiary alicyclic amines) is 2. The lowest BCUT2D eigenvalue weighted by molar-refractivity contribution is -0.139. The van der Waals surface area contributed by atoms with Crippen molar-refractivity contribution in [3.63, 3.8) is 0 Å². The fourth-order valence-corrected chi connectivity index (χ4v) is 8.68. The molecule has 1 aliphatic carbocycles. The summed E-state index contributed by atoms with van der Waals surface area (Å²) in [7, 11) is 3.28. The molecular formula is C43H55F4N9O4. The van der Waals surface area contributed by atoms with E-state index in [9.17, 15) is 28.0 Å². The second kappa shape index (κ2) is 17.5. The number of H-pyrrole nitrogens is 1. The van der Waals surface area contributed by atoms with Crippen LogP contribution in [0.25, 0.3) is 33.5 Å². The predicted octanol–water partition coefficient (Wildman–Crippen LogP) is 4.13. The molecule has 4 amide bonds. The van der Waals surface area contributed by atoms with Crippen molar-refractivity contribution in [2.24, 2.45) is 11.8 Å². The van der Waals surface area contributed by atoms with Crippen molar-refractivity contribution in [3.05, 3.63) is 53.6 Å². The molecule has 1 saturated carbocycles. The highest BCUT2D eigenvalue weighted by Crippen LogP contribution is 2.39. The van der Waals surface area contributed by atoms with Gasteiger partial charge in [0, 0.05) is 42.4 Å². The molecule has 2 aromatic heterocycles. The van der Waals surface area contributed by atoms with Crippen LogP contribution in [0.2, 0.25) is 0 Å². The summed E-state index contributed by atoms with van der Waals surface area (Å²) < 4.78 is 62.3. The number of rotatable bonds is 15. The van der Waals surface area contributed by atoms with E-state index in [1.807, 2.05) is 0 Å². The Morgan fingerprint density at radius 3 is 2.05 bits per heavy atom. The van der Waals surface area contributed by atoms with Crippen molar-refractivity contribution in [2.45, 2.75) is 115 Å². The maximum absolute atomic E-state index is 15.5. The van der Waals surface area contributed by atoms with Crippen LogP contribution in [-0.2, 0) is 32.1 Å². The molecule has 0 bridgehead atoms. The normalized spacial score (nSPS) is 22.7. The van der Waals surface area contributed by atoms with Gasteiger partial charge in [-0.3, -0.25) is 19.2 Å². The van der Waals surface area contributed by atoms with Crippen LogP contribution in [-0.4, -0.2) is 124 Å². The standard InChI is InChI=1S/C43H55F4N9O4/c1-21(2)36(52-40(57)22(3)48-5)42(59)55-19-28(47)14-30(55)20-56-35-12-10-26(45)16-34(35)51-39(56)38-32(31-11-9-25(44)15-33(31)50-38)17-29-13-27(46)18-54(29)43(60)37(24-7-8-24)53-41(58)23(4)49-6/h9-12,15-16,21-24,27-30,36-37,48-50H,7-8,13-14,17-20H2,1-6H3,(H,52,57)(H,53,58). The van der Waals surface area contributed by atoms with E-state index >= 15 is 8.78 Å². The van der Waals surface area contributed by atoms with Gasteiger partial charge in [0.2, 0.25) is 23.6 Å². The minimum absolute atomic E-state index is 0.00860. The van der Waals surface area contributed by atoms with Crippen LogP contribution in [0.15, 0.2) is 36.4 Å². The van der Waals surface area contributed by atoms with E-state index in [4.69, 9.17) is 4.98 Å². The topological polar surface area (TPSA) is 156 Å². The molecule has 60 heavy (non-hydrogen) atoms. The first kappa shape index (κ1) is 43.1. The molecule has 7 rings (SSSR count). The van der Waals surface area contributed by atoms with E-state index in [1.165, 1.54) is 34.1 Å². The number of halogens is 4. The Kier molecular flexibility index (Phi) is 12.6. The average Bonchev–Trinajstić information content (AvgIpc) is 3.58. The molecule has 0 radical (unpaired) electrons. The van der Waals surface area contributed by atoms with Gasteiger partial charge < -0.3 is 40.6 Å². The van der Waals surface area contributed by atoms with Crippen molar-refractivity contribution in [2.75, 3.05) is 27.2 Å². The third kappa shape index (κ3) is 8.74. The quantitative estimate of drug-likeness (QED) is 0.113. The molecule has 2 aliphatic heterocycles. The maximum Gasteiger partial charge on any atom is 0.245 e. The van der Waals surface area contributed by atoms with Gasteiger partial charge in [-0.15, -0.1) is 0 Å². The minimum Gasteiger partial charge on any atom is -0.352 e. The number of nitrogens with one attached hydrogen (secondary N) is 5. The Morgan fingerprint density at radius 1 is 0.817 bits per heavy atom. The number of nitrogens with zero attached hydrogens (tertiary/aromatic N) is 4. The van der Waals surface area contributed by atoms with Crippen molar-refractivity contribution in [1.82, 2.24) is 45.6 Å². The molecule has 5 N–H and O–H groups in total. The molecule has 3 aliphatic rings. The van der Waals surface area contributed by atoms with Crippen LogP contribution in [0.5, 0.6) is 0 Å². The van der Waals surface area contributed by atoms with E-state index in [0.29, 0.717) is 33.5 Å². The van der Waals surface area contributed by atoms with Crippen molar-refractivity contribution in [1.29, 1.82) is 0 Å². The SMILES string of the molecule is CNC(C)C(=O)NC(C(=O)N1CC(F)CC1Cn1c(-c2[nH]c3cc(F)ccc3c2CC2CC(F)CN2C(=O)C(NC(=O)C(C)NC)C2CC2)nc2cc(F)ccc21)C(C)C. The lowest BCUT2D eigenvalue weighted by Gasteiger charge is -2.32. The van der Waals surface area contributed by atoms with E-state index in [1.54, 1.807) is 58.5 Å². The smallest absolute Gasteiger partial charge is 0.245 e. The van der Waals surface area contributed by atoms with Gasteiger partial charge in [-0.05, 0) is 94.9 Å². The summed E-state index contributed by atoms with van der Waals surface area (Å²) in [4.78, 5) is 65.5. The van der Waals surface area contributed by atoms with Gasteiger partial charge in [-0.2, -0.15) is 0 Å². The second-order valence-corrected chi connectivity index (χ2v) is 17.1. The lowest BCUT2D eigenvalue weighted by atomic mass is 9.99. The highest BCUT2D eigenvalue weighted by molar-refractivity contribution is 5.93. The fourth-order valence-electron chi connectivity index (χ4n) is 8.68. The number of benzene rings is 2. The van der Waals surface area contributed by atoms with Crippen molar-refractivity contribution >= 4 is 45.6 Å². The average molecular weight is 838 g/mol. The molecule has 8 unspecified atom stereocenters. The maximum atomic E-state index is 15.5. The monoisotopic (exact) mass is 837 g/mol. The zero-order chi connectivity index (χ0) is 43.2. The predicted molar refractivity (Wildman–Crippen MR) is 219 cm³/mol. The largest absolute Gasteiger partial charge is 0.352 e. The minimum atomic E-state index is -1.36. The van der Waals surface area contributed by atoms with Crippen LogP contribution in [0.1, 0.15) is 58.9 Å². The van der Waals surface area contributed by atoms with Crippen LogP contribution in [0, 0.1) is 23.5 Å². The molecule has 17 heteroatoms. The van der Waals surface area contributed by atoms with E-state index in [-0.39, 0.29) is 74.0 Å².